The van der Waals surface area contributed by atoms with E-state index in [0.29, 0.717) is 29.0 Å². The molecule has 0 aliphatic carbocycles. The number of hydrogen-bond donors (Lipinski definition) is 0. The first kappa shape index (κ1) is 11.4. The van der Waals surface area contributed by atoms with Crippen molar-refractivity contribution in [3.63, 3.8) is 0 Å². The number of hydrogen-bond acceptors (Lipinski definition) is 0. The molecule has 5 rings (SSSR count). The van der Waals surface area contributed by atoms with Crippen LogP contribution in [0.4, 0.5) is 0 Å². The van der Waals surface area contributed by atoms with Crippen molar-refractivity contribution in [1.82, 2.24) is 0 Å². The van der Waals surface area contributed by atoms with Crippen LogP contribution in [0.5, 0.6) is 0 Å². The van der Waals surface area contributed by atoms with Crippen molar-refractivity contribution >= 4 is 67.6 Å². The zero-order chi connectivity index (χ0) is 13.1. The van der Waals surface area contributed by atoms with Crippen molar-refractivity contribution in [2.45, 2.75) is 0 Å². The Bertz CT molecular complexity index is 1010. The third kappa shape index (κ3) is 1.43. The van der Waals surface area contributed by atoms with Crippen molar-refractivity contribution < 1.29 is 0 Å². The zero-order valence-corrected chi connectivity index (χ0v) is 14.0. The molecule has 94 valence electrons. The third-order valence-corrected chi connectivity index (χ3v) is 8.65. The van der Waals surface area contributed by atoms with Gasteiger partial charge in [-0.05, 0) is 0 Å². The summed E-state index contributed by atoms with van der Waals surface area (Å²) in [6, 6.07) is 22.7. The molecule has 2 heterocycles. The molecule has 0 unspecified atom stereocenters. The second-order valence-corrected chi connectivity index (χ2v) is 9.56. The van der Waals surface area contributed by atoms with Crippen molar-refractivity contribution in [1.29, 1.82) is 0 Å². The van der Waals surface area contributed by atoms with Crippen LogP contribution in [0.3, 0.4) is 0 Å². The monoisotopic (exact) mass is 386 g/mol. The van der Waals surface area contributed by atoms with Gasteiger partial charge >= 0.3 is 128 Å². The van der Waals surface area contributed by atoms with Crippen LogP contribution in [0.2, 0.25) is 0 Å². The van der Waals surface area contributed by atoms with E-state index in [1.54, 1.807) is 17.0 Å². The summed E-state index contributed by atoms with van der Waals surface area (Å²) in [6.45, 7) is 0. The van der Waals surface area contributed by atoms with E-state index < -0.39 is 0 Å². The first-order chi connectivity index (χ1) is 9.92. The third-order valence-electron chi connectivity index (χ3n) is 3.88. The fraction of sp³-hybridized carbons (Fsp3) is 0. The predicted octanol–water partition coefficient (Wildman–Crippen LogP) is 4.41. The molecule has 0 saturated carbocycles. The van der Waals surface area contributed by atoms with Crippen LogP contribution in [0, 0.1) is 0 Å². The molecule has 2 heteroatoms. The Hall–Kier alpha value is -1.30. The van der Waals surface area contributed by atoms with Gasteiger partial charge in [0, 0.05) is 0 Å². The number of rotatable bonds is 0. The average Bonchev–Trinajstić information content (AvgIpc) is 3.04. The summed E-state index contributed by atoms with van der Waals surface area (Å²) in [7, 11) is 0. The van der Waals surface area contributed by atoms with Gasteiger partial charge in [0.05, 0.1) is 0 Å². The van der Waals surface area contributed by atoms with Gasteiger partial charge in [0.2, 0.25) is 0 Å². The summed E-state index contributed by atoms with van der Waals surface area (Å²) < 4.78 is 6.20. The molecule has 0 radical (unpaired) electrons. The van der Waals surface area contributed by atoms with Gasteiger partial charge < -0.3 is 0 Å². The Kier molecular flexibility index (Phi) is 2.33. The maximum absolute atomic E-state index is 2.38. The molecule has 0 bridgehead atoms. The molecule has 0 amide bonds. The summed E-state index contributed by atoms with van der Waals surface area (Å²) in [5.41, 5.74) is 0. The van der Waals surface area contributed by atoms with Gasteiger partial charge in [0.25, 0.3) is 0 Å². The summed E-state index contributed by atoms with van der Waals surface area (Å²) >= 11 is 0.955. The second kappa shape index (κ2) is 4.10. The van der Waals surface area contributed by atoms with E-state index in [4.69, 9.17) is 0 Å². The maximum atomic E-state index is 2.38. The Morgan fingerprint density at radius 1 is 0.450 bits per heavy atom. The van der Waals surface area contributed by atoms with Gasteiger partial charge in [-0.3, -0.25) is 0 Å². The first-order valence-electron chi connectivity index (χ1n) is 6.63. The van der Waals surface area contributed by atoms with E-state index >= 15 is 0 Å². The Balaban J connectivity index is 2.19. The normalized spacial score (nSPS) is 12.0. The van der Waals surface area contributed by atoms with E-state index in [1.807, 2.05) is 0 Å². The fourth-order valence-corrected chi connectivity index (χ4v) is 7.70. The van der Waals surface area contributed by atoms with Gasteiger partial charge in [-0.2, -0.15) is 0 Å². The number of fused-ring (bicyclic) bond motifs is 7. The molecule has 5 aromatic rings. The van der Waals surface area contributed by atoms with E-state index in [-0.39, 0.29) is 0 Å². The SMILES string of the molecule is c1ccc2c(c1)[se]c1ccc3[se]c4ccccc4c3c12. The van der Waals surface area contributed by atoms with Crippen molar-refractivity contribution in [3.05, 3.63) is 60.7 Å². The van der Waals surface area contributed by atoms with Crippen molar-refractivity contribution in [3.8, 4) is 0 Å². The molecule has 0 aliphatic heterocycles. The second-order valence-electron chi connectivity index (χ2n) is 5.01. The molecule has 0 nitrogen and oxygen atoms in total. The molecule has 3 aromatic carbocycles. The first-order valence-corrected chi connectivity index (χ1v) is 10.1. The Labute approximate surface area is 128 Å². The van der Waals surface area contributed by atoms with Gasteiger partial charge in [-0.25, -0.2) is 0 Å². The van der Waals surface area contributed by atoms with Gasteiger partial charge in [-0.1, -0.05) is 0 Å². The van der Waals surface area contributed by atoms with E-state index in [0.717, 1.165) is 0 Å². The molecule has 0 fully saturated rings. The van der Waals surface area contributed by atoms with Gasteiger partial charge in [0.1, 0.15) is 0 Å². The van der Waals surface area contributed by atoms with Gasteiger partial charge in [0.15, 0.2) is 0 Å². The minimum atomic E-state index is 0.478. The van der Waals surface area contributed by atoms with Crippen molar-refractivity contribution in [2.24, 2.45) is 0 Å². The summed E-state index contributed by atoms with van der Waals surface area (Å²) in [6.07, 6.45) is 0. The average molecular weight is 384 g/mol. The van der Waals surface area contributed by atoms with Crippen molar-refractivity contribution in [2.75, 3.05) is 0 Å². The minimum absolute atomic E-state index is 0.478. The molecular formula is C18H10Se2. The summed E-state index contributed by atoms with van der Waals surface area (Å²) in [4.78, 5) is 0. The summed E-state index contributed by atoms with van der Waals surface area (Å²) in [5, 5.41) is 6.02. The van der Waals surface area contributed by atoms with E-state index in [2.05, 4.69) is 60.7 Å². The van der Waals surface area contributed by atoms with E-state index in [1.165, 1.54) is 21.5 Å². The van der Waals surface area contributed by atoms with Crippen LogP contribution in [0.1, 0.15) is 0 Å². The fourth-order valence-electron chi connectivity index (χ4n) is 3.03. The predicted molar refractivity (Wildman–Crippen MR) is 90.3 cm³/mol. The van der Waals surface area contributed by atoms with Crippen LogP contribution < -0.4 is 0 Å². The van der Waals surface area contributed by atoms with Crippen LogP contribution >= 0.6 is 0 Å². The Morgan fingerprint density at radius 2 is 0.900 bits per heavy atom. The molecular weight excluding hydrogens is 374 g/mol. The molecule has 0 N–H and O–H groups in total. The van der Waals surface area contributed by atoms with Crippen LogP contribution in [0.25, 0.3) is 38.6 Å². The Morgan fingerprint density at radius 3 is 1.40 bits per heavy atom. The zero-order valence-electron chi connectivity index (χ0n) is 10.6. The van der Waals surface area contributed by atoms with Crippen LogP contribution in [0.15, 0.2) is 60.7 Å². The van der Waals surface area contributed by atoms with E-state index in [9.17, 15) is 0 Å². The molecule has 0 saturated heterocycles. The van der Waals surface area contributed by atoms with Crippen LogP contribution in [-0.4, -0.2) is 29.0 Å². The number of benzene rings is 3. The molecule has 2 aromatic heterocycles. The van der Waals surface area contributed by atoms with Crippen LogP contribution in [-0.2, 0) is 0 Å². The quantitative estimate of drug-likeness (QED) is 0.347. The summed E-state index contributed by atoms with van der Waals surface area (Å²) in [5.74, 6) is 0. The molecule has 0 atom stereocenters. The standard InChI is InChI=1S/C18H10Se2/c1-3-7-13-11(5-1)17-15(19-13)9-10-16-18(17)12-6-2-4-8-14(12)20-16/h1-10H. The van der Waals surface area contributed by atoms with Gasteiger partial charge in [-0.15, -0.1) is 0 Å². The molecule has 0 spiro atoms. The molecule has 20 heavy (non-hydrogen) atoms. The topological polar surface area (TPSA) is 0 Å². The molecule has 0 aliphatic rings.